The summed E-state index contributed by atoms with van der Waals surface area (Å²) in [6, 6.07) is 15.1. The second-order valence-corrected chi connectivity index (χ2v) is 6.55. The molecular weight excluding hydrogens is 278 g/mol. The third kappa shape index (κ3) is 3.14. The topological polar surface area (TPSA) is 26.0 Å². The van der Waals surface area contributed by atoms with E-state index in [9.17, 15) is 0 Å². The van der Waals surface area contributed by atoms with Crippen molar-refractivity contribution in [3.05, 3.63) is 69.7 Å². The Bertz CT molecular complexity index is 635. The van der Waals surface area contributed by atoms with Gasteiger partial charge in [0.05, 0.1) is 0 Å². The molecule has 0 aliphatic heterocycles. The molecule has 3 rings (SSSR count). The molecule has 0 radical (unpaired) electrons. The van der Waals surface area contributed by atoms with Gasteiger partial charge >= 0.3 is 0 Å². The zero-order valence-corrected chi connectivity index (χ0v) is 13.2. The van der Waals surface area contributed by atoms with Crippen molar-refractivity contribution in [2.24, 2.45) is 5.73 Å². The Balaban J connectivity index is 1.79. The van der Waals surface area contributed by atoms with E-state index in [1.807, 2.05) is 13.0 Å². The highest BCUT2D eigenvalue weighted by Crippen LogP contribution is 2.37. The summed E-state index contributed by atoms with van der Waals surface area (Å²) in [5.74, 6) is 0.574. The number of hydrogen-bond donors (Lipinski definition) is 1. The average Bonchev–Trinajstić information content (AvgIpc) is 2.50. The van der Waals surface area contributed by atoms with Gasteiger partial charge in [-0.15, -0.1) is 0 Å². The van der Waals surface area contributed by atoms with E-state index >= 15 is 0 Å². The summed E-state index contributed by atoms with van der Waals surface area (Å²) >= 11 is 6.23. The molecule has 2 aromatic rings. The van der Waals surface area contributed by atoms with Crippen LogP contribution in [0, 0.1) is 6.92 Å². The van der Waals surface area contributed by atoms with Crippen molar-refractivity contribution >= 4 is 11.6 Å². The summed E-state index contributed by atoms with van der Waals surface area (Å²) in [7, 11) is 0. The van der Waals surface area contributed by atoms with Crippen LogP contribution in [0.5, 0.6) is 0 Å². The average molecular weight is 300 g/mol. The van der Waals surface area contributed by atoms with Crippen LogP contribution in [0.2, 0.25) is 5.02 Å². The molecular formula is C19H22ClN. The summed E-state index contributed by atoms with van der Waals surface area (Å²) in [4.78, 5) is 0. The molecule has 0 saturated carbocycles. The van der Waals surface area contributed by atoms with Crippen LogP contribution in [0.3, 0.4) is 0 Å². The van der Waals surface area contributed by atoms with Crippen molar-refractivity contribution in [1.29, 1.82) is 0 Å². The summed E-state index contributed by atoms with van der Waals surface area (Å²) < 4.78 is 0. The highest BCUT2D eigenvalue weighted by molar-refractivity contribution is 6.31. The number of hydrogen-bond acceptors (Lipinski definition) is 1. The van der Waals surface area contributed by atoms with Gasteiger partial charge in [0.25, 0.3) is 0 Å². The van der Waals surface area contributed by atoms with Gasteiger partial charge in [0.15, 0.2) is 0 Å². The van der Waals surface area contributed by atoms with Crippen molar-refractivity contribution in [2.45, 2.75) is 44.6 Å². The fourth-order valence-corrected chi connectivity index (χ4v) is 3.57. The predicted octanol–water partition coefficient (Wildman–Crippen LogP) is 5.16. The van der Waals surface area contributed by atoms with E-state index in [1.54, 1.807) is 0 Å². The summed E-state index contributed by atoms with van der Waals surface area (Å²) in [5, 5.41) is 0.812. The van der Waals surface area contributed by atoms with E-state index < -0.39 is 0 Å². The van der Waals surface area contributed by atoms with Gasteiger partial charge in [-0.1, -0.05) is 48.0 Å². The summed E-state index contributed by atoms with van der Waals surface area (Å²) in [5.41, 5.74) is 11.7. The van der Waals surface area contributed by atoms with Crippen LogP contribution in [-0.4, -0.2) is 0 Å². The Morgan fingerprint density at radius 3 is 2.86 bits per heavy atom. The van der Waals surface area contributed by atoms with Gasteiger partial charge in [-0.3, -0.25) is 0 Å². The van der Waals surface area contributed by atoms with E-state index in [-0.39, 0.29) is 6.04 Å². The molecule has 0 amide bonds. The van der Waals surface area contributed by atoms with Gasteiger partial charge in [-0.25, -0.2) is 0 Å². The molecule has 0 aromatic heterocycles. The van der Waals surface area contributed by atoms with E-state index in [2.05, 4.69) is 36.4 Å². The first-order valence-electron chi connectivity index (χ1n) is 7.74. The van der Waals surface area contributed by atoms with Gasteiger partial charge in [-0.05, 0) is 66.8 Å². The lowest BCUT2D eigenvalue weighted by molar-refractivity contribution is 0.476. The van der Waals surface area contributed by atoms with E-state index in [4.69, 9.17) is 17.3 Å². The van der Waals surface area contributed by atoms with E-state index in [0.717, 1.165) is 22.6 Å². The van der Waals surface area contributed by atoms with Crippen LogP contribution in [0.15, 0.2) is 42.5 Å². The number of benzene rings is 2. The van der Waals surface area contributed by atoms with Crippen LogP contribution in [-0.2, 0) is 6.42 Å². The number of halogens is 1. The van der Waals surface area contributed by atoms with Gasteiger partial charge in [0.1, 0.15) is 0 Å². The molecule has 110 valence electrons. The van der Waals surface area contributed by atoms with E-state index in [1.165, 1.54) is 30.4 Å². The van der Waals surface area contributed by atoms with Crippen LogP contribution < -0.4 is 5.73 Å². The third-order valence-electron chi connectivity index (χ3n) is 4.66. The second-order valence-electron chi connectivity index (χ2n) is 6.14. The van der Waals surface area contributed by atoms with E-state index in [0.29, 0.717) is 5.92 Å². The lowest BCUT2D eigenvalue weighted by Crippen LogP contribution is -2.18. The zero-order valence-electron chi connectivity index (χ0n) is 12.5. The van der Waals surface area contributed by atoms with Gasteiger partial charge < -0.3 is 5.73 Å². The maximum atomic E-state index is 6.44. The Morgan fingerprint density at radius 2 is 2.05 bits per heavy atom. The Hall–Kier alpha value is -1.31. The first-order chi connectivity index (χ1) is 10.1. The van der Waals surface area contributed by atoms with Crippen molar-refractivity contribution in [3.8, 4) is 0 Å². The highest BCUT2D eigenvalue weighted by atomic mass is 35.5. The molecule has 21 heavy (non-hydrogen) atoms. The number of rotatable bonds is 3. The van der Waals surface area contributed by atoms with Crippen molar-refractivity contribution in [1.82, 2.24) is 0 Å². The SMILES string of the molecule is Cc1ccc(C(N)CC2CCCc3ccccc32)cc1Cl. The van der Waals surface area contributed by atoms with Crippen molar-refractivity contribution in [2.75, 3.05) is 0 Å². The fourth-order valence-electron chi connectivity index (χ4n) is 3.38. The molecule has 2 heteroatoms. The van der Waals surface area contributed by atoms with Crippen molar-refractivity contribution in [3.63, 3.8) is 0 Å². The first kappa shape index (κ1) is 14.6. The lowest BCUT2D eigenvalue weighted by atomic mass is 9.79. The Morgan fingerprint density at radius 1 is 1.24 bits per heavy atom. The maximum Gasteiger partial charge on any atom is 0.0438 e. The smallest absolute Gasteiger partial charge is 0.0438 e. The van der Waals surface area contributed by atoms with Gasteiger partial charge in [0.2, 0.25) is 0 Å². The molecule has 0 fully saturated rings. The minimum absolute atomic E-state index is 0.0549. The van der Waals surface area contributed by atoms with Crippen LogP contribution in [0.25, 0.3) is 0 Å². The molecule has 2 N–H and O–H groups in total. The quantitative estimate of drug-likeness (QED) is 0.832. The number of fused-ring (bicyclic) bond motifs is 1. The Labute approximate surface area is 132 Å². The molecule has 1 nitrogen and oxygen atoms in total. The van der Waals surface area contributed by atoms with Crippen LogP contribution in [0.4, 0.5) is 0 Å². The monoisotopic (exact) mass is 299 g/mol. The third-order valence-corrected chi connectivity index (χ3v) is 5.06. The standard InChI is InChI=1S/C19H22ClN/c1-13-9-10-16(11-18(13)20)19(21)12-15-7-4-6-14-5-2-3-8-17(14)15/h2-3,5,8-11,15,19H,4,6-7,12,21H2,1H3. The Kier molecular flexibility index (Phi) is 4.32. The number of nitrogens with two attached hydrogens (primary N) is 1. The molecule has 0 saturated heterocycles. The first-order valence-corrected chi connectivity index (χ1v) is 8.12. The lowest BCUT2D eigenvalue weighted by Gasteiger charge is -2.28. The second kappa shape index (κ2) is 6.21. The zero-order chi connectivity index (χ0) is 14.8. The maximum absolute atomic E-state index is 6.44. The molecule has 2 aromatic carbocycles. The van der Waals surface area contributed by atoms with Crippen molar-refractivity contribution < 1.29 is 0 Å². The summed E-state index contributed by atoms with van der Waals surface area (Å²) in [6.07, 6.45) is 4.71. The number of aryl methyl sites for hydroxylation is 2. The molecule has 1 aliphatic carbocycles. The fraction of sp³-hybridized carbons (Fsp3) is 0.368. The largest absolute Gasteiger partial charge is 0.324 e. The normalized spacial score (nSPS) is 19.1. The molecule has 0 bridgehead atoms. The summed E-state index contributed by atoms with van der Waals surface area (Å²) in [6.45, 7) is 2.02. The van der Waals surface area contributed by atoms with Gasteiger partial charge in [-0.2, -0.15) is 0 Å². The van der Waals surface area contributed by atoms with Gasteiger partial charge in [0, 0.05) is 11.1 Å². The molecule has 0 spiro atoms. The molecule has 2 unspecified atom stereocenters. The molecule has 2 atom stereocenters. The predicted molar refractivity (Wildman–Crippen MR) is 89.9 cm³/mol. The highest BCUT2D eigenvalue weighted by Gasteiger charge is 2.22. The van der Waals surface area contributed by atoms with Crippen LogP contribution in [0.1, 0.15) is 53.5 Å². The molecule has 0 heterocycles. The van der Waals surface area contributed by atoms with Crippen LogP contribution >= 0.6 is 11.6 Å². The molecule has 1 aliphatic rings. The minimum Gasteiger partial charge on any atom is -0.324 e. The minimum atomic E-state index is 0.0549.